The van der Waals surface area contributed by atoms with E-state index in [1.165, 1.54) is 0 Å². The molecule has 0 aromatic heterocycles. The molecule has 12 aromatic carbocycles. The van der Waals surface area contributed by atoms with Crippen LogP contribution >= 0.6 is 0 Å². The molecule has 0 spiro atoms. The van der Waals surface area contributed by atoms with Gasteiger partial charge in [-0.1, -0.05) is 188 Å². The maximum Gasteiger partial charge on any atom is 0.0630 e. The van der Waals surface area contributed by atoms with E-state index in [9.17, 15) is 11.0 Å². The summed E-state index contributed by atoms with van der Waals surface area (Å²) in [7, 11) is 0. The molecule has 0 radical (unpaired) electrons. The minimum Gasteiger partial charge on any atom is -0.0622 e. The van der Waals surface area contributed by atoms with Crippen molar-refractivity contribution in [3.05, 3.63) is 216 Å². The van der Waals surface area contributed by atoms with Crippen molar-refractivity contribution in [2.75, 3.05) is 0 Å². The van der Waals surface area contributed by atoms with Crippen molar-refractivity contribution in [3.63, 3.8) is 0 Å². The standard InChI is InChI=1S/C56H36/c1-2-9-37(10-3-1)51-32-35(30-45-23-21-42-19-17-38-12-6-14-40-26-28-49(45)55(42)53(38)40)31-48(52(51)47-25-16-36-8-4-5-11-44(36)33-47)34-46-24-22-43-20-18-39-13-7-15-41-27-29-50(46)56(43)54(39)41/h1-29,31-33H,30,34H2/i6D,7D,12D,13D,14D,15D,17D,18D,19D,20D,21D,22D,23D,24D,26D,27D,28D,29D. The summed E-state index contributed by atoms with van der Waals surface area (Å²) in [5.41, 5.74) is 4.09. The molecule has 0 nitrogen and oxygen atoms in total. The maximum absolute atomic E-state index is 9.69. The van der Waals surface area contributed by atoms with E-state index in [0.717, 1.165) is 21.9 Å². The summed E-state index contributed by atoms with van der Waals surface area (Å²) >= 11 is 0. The molecule has 260 valence electrons. The van der Waals surface area contributed by atoms with Crippen molar-refractivity contribution in [1.29, 1.82) is 0 Å². The van der Waals surface area contributed by atoms with Crippen LogP contribution in [0.15, 0.2) is 194 Å². The zero-order chi connectivity index (χ0) is 52.4. The maximum atomic E-state index is 9.69. The largest absolute Gasteiger partial charge is 0.0630 e. The first kappa shape index (κ1) is 18.5. The molecular weight excluding hydrogens is 673 g/mol. The van der Waals surface area contributed by atoms with Gasteiger partial charge in [0.15, 0.2) is 0 Å². The Bertz CT molecular complexity index is 4460. The van der Waals surface area contributed by atoms with Gasteiger partial charge in [-0.15, -0.1) is 0 Å². The average molecular weight is 727 g/mol. The molecule has 56 heavy (non-hydrogen) atoms. The fourth-order valence-electron chi connectivity index (χ4n) is 8.43. The van der Waals surface area contributed by atoms with E-state index in [1.807, 2.05) is 84.9 Å². The third-order valence-corrected chi connectivity index (χ3v) is 10.9. The average Bonchev–Trinajstić information content (AvgIpc) is 3.43. The predicted molar refractivity (Wildman–Crippen MR) is 241 cm³/mol. The molecule has 0 unspecified atom stereocenters. The number of hydrogen-bond acceptors (Lipinski definition) is 0. The summed E-state index contributed by atoms with van der Waals surface area (Å²) in [6.45, 7) is 0. The number of fused-ring (bicyclic) bond motifs is 1. The van der Waals surface area contributed by atoms with Gasteiger partial charge in [-0.2, -0.15) is 0 Å². The van der Waals surface area contributed by atoms with Gasteiger partial charge in [0.25, 0.3) is 0 Å². The van der Waals surface area contributed by atoms with Gasteiger partial charge in [0.2, 0.25) is 0 Å². The van der Waals surface area contributed by atoms with Crippen LogP contribution in [0.4, 0.5) is 0 Å². The molecule has 0 saturated heterocycles. The van der Waals surface area contributed by atoms with Gasteiger partial charge in [-0.3, -0.25) is 0 Å². The second kappa shape index (κ2) is 12.2. The number of rotatable bonds is 6. The second-order valence-electron chi connectivity index (χ2n) is 14.2. The van der Waals surface area contributed by atoms with Crippen LogP contribution in [0.3, 0.4) is 0 Å². The molecule has 0 N–H and O–H groups in total. The molecule has 12 aromatic rings. The molecule has 12 rings (SSSR count). The fourth-order valence-corrected chi connectivity index (χ4v) is 8.43. The lowest BCUT2D eigenvalue weighted by Crippen LogP contribution is -2.01. The van der Waals surface area contributed by atoms with Crippen LogP contribution in [0.5, 0.6) is 0 Å². The molecule has 0 saturated carbocycles. The van der Waals surface area contributed by atoms with E-state index in [0.29, 0.717) is 22.3 Å². The van der Waals surface area contributed by atoms with Crippen molar-refractivity contribution in [3.8, 4) is 22.3 Å². The summed E-state index contributed by atoms with van der Waals surface area (Å²) in [6.07, 6.45) is -0.356. The van der Waals surface area contributed by atoms with Crippen LogP contribution in [0.1, 0.15) is 46.9 Å². The fraction of sp³-hybridized carbons (Fsp3) is 0.0357. The second-order valence-corrected chi connectivity index (χ2v) is 14.2. The third kappa shape index (κ3) is 4.86. The van der Waals surface area contributed by atoms with Crippen molar-refractivity contribution in [2.24, 2.45) is 0 Å². The Morgan fingerprint density at radius 2 is 0.857 bits per heavy atom. The molecule has 0 aliphatic heterocycles. The summed E-state index contributed by atoms with van der Waals surface area (Å²) in [6, 6.07) is 18.3. The Balaban J connectivity index is 1.21. The van der Waals surface area contributed by atoms with Crippen LogP contribution < -0.4 is 0 Å². The molecule has 0 amide bonds. The minimum atomic E-state index is -0.574. The first-order valence-electron chi connectivity index (χ1n) is 27.3. The Labute approximate surface area is 350 Å². The van der Waals surface area contributed by atoms with Crippen LogP contribution in [0, 0.1) is 0 Å². The van der Waals surface area contributed by atoms with E-state index < -0.39 is 96.7 Å². The summed E-state index contributed by atoms with van der Waals surface area (Å²) in [5, 5.41) is 1.13. The van der Waals surface area contributed by atoms with E-state index in [2.05, 4.69) is 0 Å². The molecule has 0 heterocycles. The molecule has 0 heteroatoms. The summed E-state index contributed by atoms with van der Waals surface area (Å²) < 4.78 is 164. The van der Waals surface area contributed by atoms with Gasteiger partial charge in [0.1, 0.15) is 0 Å². The summed E-state index contributed by atoms with van der Waals surface area (Å²) in [5.74, 6) is 0. The van der Waals surface area contributed by atoms with Gasteiger partial charge in [0, 0.05) is 0 Å². The molecule has 0 fully saturated rings. The summed E-state index contributed by atoms with van der Waals surface area (Å²) in [4.78, 5) is 0. The van der Waals surface area contributed by atoms with Crippen molar-refractivity contribution < 1.29 is 24.7 Å². The highest BCUT2D eigenvalue weighted by molar-refractivity contribution is 6.24. The molecule has 0 bridgehead atoms. The molecular formula is C56H36. The number of benzene rings is 12. The van der Waals surface area contributed by atoms with Crippen molar-refractivity contribution in [2.45, 2.75) is 12.8 Å². The zero-order valence-corrected chi connectivity index (χ0v) is 29.5. The smallest absolute Gasteiger partial charge is 0.0622 e. The predicted octanol–water partition coefficient (Wildman–Crippen LogP) is 15.2. The molecule has 0 aliphatic rings. The van der Waals surface area contributed by atoms with Crippen molar-refractivity contribution >= 4 is 75.4 Å². The van der Waals surface area contributed by atoms with E-state index in [1.54, 1.807) is 0 Å². The Hall–Kier alpha value is -7.02. The van der Waals surface area contributed by atoms with Crippen molar-refractivity contribution in [1.82, 2.24) is 0 Å². The lowest BCUT2D eigenvalue weighted by Gasteiger charge is -2.21. The van der Waals surface area contributed by atoms with E-state index >= 15 is 0 Å². The van der Waals surface area contributed by atoms with Crippen LogP contribution in [0.25, 0.3) is 97.7 Å². The highest BCUT2D eigenvalue weighted by Crippen LogP contribution is 2.43. The third-order valence-electron chi connectivity index (χ3n) is 10.9. The normalized spacial score (nSPS) is 16.6. The Kier molecular flexibility index (Phi) is 4.06. The lowest BCUT2D eigenvalue weighted by atomic mass is 9.83. The first-order chi connectivity index (χ1) is 35.3. The Morgan fingerprint density at radius 1 is 0.339 bits per heavy atom. The van der Waals surface area contributed by atoms with E-state index in [-0.39, 0.29) is 101 Å². The zero-order valence-electron chi connectivity index (χ0n) is 47.5. The SMILES string of the molecule is [2H]c1c([2H])c2c([2H])c([2H])c3c([2H])c([2H])c(Cc4cc(Cc5c([2H])c([2H])c6c([2H])c([2H])c7c([2H])c([2H])c([2H])c8c([2H])c([2H])c5c6c78)c(-c5ccc6ccccc6c5)c(-c5ccccc5)c4)c4c([2H])c([2H])c(c1[2H])c2c34. The highest BCUT2D eigenvalue weighted by Gasteiger charge is 2.19. The van der Waals surface area contributed by atoms with Gasteiger partial charge in [-0.25, -0.2) is 0 Å². The molecule has 0 atom stereocenters. The highest BCUT2D eigenvalue weighted by atomic mass is 14.2. The van der Waals surface area contributed by atoms with Gasteiger partial charge >= 0.3 is 0 Å². The van der Waals surface area contributed by atoms with Crippen LogP contribution in [0.2, 0.25) is 0 Å². The quantitative estimate of drug-likeness (QED) is 0.150. The monoisotopic (exact) mass is 726 g/mol. The van der Waals surface area contributed by atoms with Crippen LogP contribution in [-0.4, -0.2) is 0 Å². The minimum absolute atomic E-state index is 0.0175. The first-order valence-corrected chi connectivity index (χ1v) is 18.3. The lowest BCUT2D eigenvalue weighted by molar-refractivity contribution is 1.16. The van der Waals surface area contributed by atoms with Gasteiger partial charge in [-0.05, 0) is 139 Å². The van der Waals surface area contributed by atoms with E-state index in [4.69, 9.17) is 13.7 Å². The number of hydrogen-bond donors (Lipinski definition) is 0. The molecule has 0 aliphatic carbocycles. The Morgan fingerprint density at radius 3 is 1.48 bits per heavy atom. The topological polar surface area (TPSA) is 0 Å². The van der Waals surface area contributed by atoms with Gasteiger partial charge in [0.05, 0.1) is 24.7 Å². The van der Waals surface area contributed by atoms with Crippen LogP contribution in [-0.2, 0) is 12.8 Å². The van der Waals surface area contributed by atoms with Gasteiger partial charge < -0.3 is 0 Å².